The molecule has 1 atom stereocenters. The molecule has 0 spiro atoms. The lowest BCUT2D eigenvalue weighted by molar-refractivity contribution is 0.0932. The van der Waals surface area contributed by atoms with Crippen molar-refractivity contribution in [3.8, 4) is 5.75 Å². The van der Waals surface area contributed by atoms with E-state index in [2.05, 4.69) is 38.3 Å². The molecule has 1 aliphatic rings. The molecule has 1 aliphatic heterocycles. The number of pyridine rings is 1. The van der Waals surface area contributed by atoms with E-state index in [0.29, 0.717) is 12.1 Å². The van der Waals surface area contributed by atoms with Crippen LogP contribution in [0.15, 0.2) is 73.1 Å². The second-order valence-electron chi connectivity index (χ2n) is 9.06. The van der Waals surface area contributed by atoms with Crippen molar-refractivity contribution in [3.63, 3.8) is 0 Å². The number of amides is 1. The van der Waals surface area contributed by atoms with Gasteiger partial charge in [0, 0.05) is 57.2 Å². The van der Waals surface area contributed by atoms with Gasteiger partial charge in [0.15, 0.2) is 0 Å². The fourth-order valence-corrected chi connectivity index (χ4v) is 4.10. The molecule has 3 aromatic rings. The molecule has 2 heterocycles. The molecule has 34 heavy (non-hydrogen) atoms. The first-order valence-corrected chi connectivity index (χ1v) is 12.0. The molecule has 2 aromatic carbocycles. The summed E-state index contributed by atoms with van der Waals surface area (Å²) in [5, 5.41) is 2.94. The molecule has 0 radical (unpaired) electrons. The maximum Gasteiger partial charge on any atom is 0.251 e. The Hall–Kier alpha value is -3.22. The topological polar surface area (TPSA) is 57.7 Å². The number of carbonyl (C=O) groups excluding carboxylic acids is 1. The molecule has 1 amide bonds. The zero-order valence-electron chi connectivity index (χ0n) is 20.1. The van der Waals surface area contributed by atoms with Gasteiger partial charge in [0.25, 0.3) is 5.91 Å². The van der Waals surface area contributed by atoms with Crippen LogP contribution in [0.1, 0.15) is 34.0 Å². The molecule has 1 unspecified atom stereocenters. The molecule has 0 aliphatic carbocycles. The summed E-state index contributed by atoms with van der Waals surface area (Å²) < 4.78 is 6.00. The van der Waals surface area contributed by atoms with Gasteiger partial charge in [-0.05, 0) is 55.3 Å². The van der Waals surface area contributed by atoms with Gasteiger partial charge in [-0.15, -0.1) is 0 Å². The summed E-state index contributed by atoms with van der Waals surface area (Å²) in [5.41, 5.74) is 4.36. The van der Waals surface area contributed by atoms with Crippen LogP contribution in [0.25, 0.3) is 0 Å². The Labute approximate surface area is 202 Å². The third-order valence-electron chi connectivity index (χ3n) is 6.12. The Morgan fingerprint density at radius 2 is 1.59 bits per heavy atom. The summed E-state index contributed by atoms with van der Waals surface area (Å²) in [4.78, 5) is 21.5. The van der Waals surface area contributed by atoms with Crippen molar-refractivity contribution in [1.29, 1.82) is 0 Å². The molecular weight excluding hydrogens is 424 g/mol. The monoisotopic (exact) mass is 458 g/mol. The minimum absolute atomic E-state index is 0.0775. The molecule has 4 rings (SSSR count). The number of ether oxygens (including phenoxy) is 1. The average molecular weight is 459 g/mol. The highest BCUT2D eigenvalue weighted by molar-refractivity contribution is 5.94. The molecule has 0 bridgehead atoms. The first kappa shape index (κ1) is 23.9. The van der Waals surface area contributed by atoms with Gasteiger partial charge < -0.3 is 10.1 Å². The highest BCUT2D eigenvalue weighted by atomic mass is 16.5. The zero-order valence-corrected chi connectivity index (χ0v) is 20.1. The summed E-state index contributed by atoms with van der Waals surface area (Å²) in [7, 11) is 0. The lowest BCUT2D eigenvalue weighted by Gasteiger charge is -2.34. The summed E-state index contributed by atoms with van der Waals surface area (Å²) in [6, 6.07) is 20.0. The SMILES string of the molecule is Cc1ccc(C(=O)NCC(C)Oc2ccc(CN3CCN(Cc4cccnc4)CC3)cc2)cc1. The molecule has 1 N–H and O–H groups in total. The fourth-order valence-electron chi connectivity index (χ4n) is 4.10. The Bertz CT molecular complexity index is 1030. The van der Waals surface area contributed by atoms with Crippen LogP contribution in [-0.4, -0.2) is 59.5 Å². The minimum Gasteiger partial charge on any atom is -0.489 e. The maximum absolute atomic E-state index is 12.3. The van der Waals surface area contributed by atoms with E-state index in [1.165, 1.54) is 11.1 Å². The fraction of sp³-hybridized carbons (Fsp3) is 0.357. The van der Waals surface area contributed by atoms with Gasteiger partial charge in [0.1, 0.15) is 11.9 Å². The van der Waals surface area contributed by atoms with Gasteiger partial charge in [0.2, 0.25) is 0 Å². The number of nitrogens with one attached hydrogen (secondary N) is 1. The van der Waals surface area contributed by atoms with E-state index in [9.17, 15) is 4.79 Å². The van der Waals surface area contributed by atoms with Crippen molar-refractivity contribution in [3.05, 3.63) is 95.3 Å². The van der Waals surface area contributed by atoms with Crippen molar-refractivity contribution >= 4 is 5.91 Å². The van der Waals surface area contributed by atoms with Crippen LogP contribution in [0.4, 0.5) is 0 Å². The van der Waals surface area contributed by atoms with Crippen molar-refractivity contribution < 1.29 is 9.53 Å². The van der Waals surface area contributed by atoms with Crippen LogP contribution >= 0.6 is 0 Å². The van der Waals surface area contributed by atoms with Crippen LogP contribution < -0.4 is 10.1 Å². The van der Waals surface area contributed by atoms with Gasteiger partial charge in [0.05, 0.1) is 6.54 Å². The van der Waals surface area contributed by atoms with E-state index in [4.69, 9.17) is 4.74 Å². The highest BCUT2D eigenvalue weighted by Crippen LogP contribution is 2.16. The zero-order chi connectivity index (χ0) is 23.8. The van der Waals surface area contributed by atoms with Crippen LogP contribution in [-0.2, 0) is 13.1 Å². The Morgan fingerprint density at radius 3 is 2.21 bits per heavy atom. The number of piperazine rings is 1. The largest absolute Gasteiger partial charge is 0.489 e. The molecule has 1 aromatic heterocycles. The maximum atomic E-state index is 12.3. The molecular formula is C28H34N4O2. The van der Waals surface area contributed by atoms with Crippen LogP contribution in [0.2, 0.25) is 0 Å². The quantitative estimate of drug-likeness (QED) is 0.527. The highest BCUT2D eigenvalue weighted by Gasteiger charge is 2.17. The summed E-state index contributed by atoms with van der Waals surface area (Å²) in [6.45, 7) is 10.6. The van der Waals surface area contributed by atoms with E-state index in [1.54, 1.807) is 0 Å². The smallest absolute Gasteiger partial charge is 0.251 e. The molecule has 178 valence electrons. The molecule has 6 heteroatoms. The Morgan fingerprint density at radius 1 is 0.941 bits per heavy atom. The molecule has 1 fully saturated rings. The van der Waals surface area contributed by atoms with E-state index in [0.717, 1.165) is 50.6 Å². The lowest BCUT2D eigenvalue weighted by atomic mass is 10.1. The number of nitrogens with zero attached hydrogens (tertiary/aromatic N) is 3. The number of rotatable bonds is 9. The molecule has 0 saturated carbocycles. The van der Waals surface area contributed by atoms with Gasteiger partial charge in [-0.3, -0.25) is 19.6 Å². The summed E-state index contributed by atoms with van der Waals surface area (Å²) in [5.74, 6) is 0.744. The van der Waals surface area contributed by atoms with Crippen LogP contribution in [0.3, 0.4) is 0 Å². The first-order chi connectivity index (χ1) is 16.5. The average Bonchev–Trinajstić information content (AvgIpc) is 2.86. The number of hydrogen-bond acceptors (Lipinski definition) is 5. The standard InChI is InChI=1S/C28H34N4O2/c1-22-5-9-26(10-6-22)28(33)30-18-23(2)34-27-11-7-24(8-12-27)20-31-14-16-32(17-15-31)21-25-4-3-13-29-19-25/h3-13,19,23H,14-18,20-21H2,1-2H3,(H,30,33). The normalized spacial score (nSPS) is 15.6. The van der Waals surface area contributed by atoms with Gasteiger partial charge in [-0.1, -0.05) is 35.9 Å². The first-order valence-electron chi connectivity index (χ1n) is 12.0. The number of hydrogen-bond donors (Lipinski definition) is 1. The molecule has 1 saturated heterocycles. The van der Waals surface area contributed by atoms with E-state index in [-0.39, 0.29) is 12.0 Å². The number of aromatic nitrogens is 1. The summed E-state index contributed by atoms with van der Waals surface area (Å²) >= 11 is 0. The van der Waals surface area contributed by atoms with Crippen molar-refractivity contribution in [2.45, 2.75) is 33.0 Å². The molecule has 6 nitrogen and oxygen atoms in total. The van der Waals surface area contributed by atoms with E-state index >= 15 is 0 Å². The van der Waals surface area contributed by atoms with E-state index in [1.807, 2.05) is 68.7 Å². The number of aryl methyl sites for hydroxylation is 1. The third kappa shape index (κ3) is 7.14. The van der Waals surface area contributed by atoms with Crippen LogP contribution in [0, 0.1) is 6.92 Å². The van der Waals surface area contributed by atoms with Crippen LogP contribution in [0.5, 0.6) is 5.75 Å². The number of benzene rings is 2. The Balaban J connectivity index is 1.17. The second-order valence-corrected chi connectivity index (χ2v) is 9.06. The lowest BCUT2D eigenvalue weighted by Crippen LogP contribution is -2.45. The van der Waals surface area contributed by atoms with Crippen molar-refractivity contribution in [2.24, 2.45) is 0 Å². The van der Waals surface area contributed by atoms with E-state index < -0.39 is 0 Å². The number of carbonyl (C=O) groups is 1. The third-order valence-corrected chi connectivity index (χ3v) is 6.12. The minimum atomic E-state index is -0.117. The van der Waals surface area contributed by atoms with Gasteiger partial charge in [-0.2, -0.15) is 0 Å². The van der Waals surface area contributed by atoms with Gasteiger partial charge >= 0.3 is 0 Å². The summed E-state index contributed by atoms with van der Waals surface area (Å²) in [6.07, 6.45) is 3.66. The second kappa shape index (κ2) is 11.8. The van der Waals surface area contributed by atoms with Gasteiger partial charge in [-0.25, -0.2) is 0 Å². The predicted molar refractivity (Wildman–Crippen MR) is 135 cm³/mol. The Kier molecular flexibility index (Phi) is 8.28. The predicted octanol–water partition coefficient (Wildman–Crippen LogP) is 3.91. The van der Waals surface area contributed by atoms with Crippen molar-refractivity contribution in [1.82, 2.24) is 20.1 Å². The van der Waals surface area contributed by atoms with Crippen molar-refractivity contribution in [2.75, 3.05) is 32.7 Å².